The van der Waals surface area contributed by atoms with Gasteiger partial charge in [0.25, 0.3) is 0 Å². The molecule has 0 aromatic heterocycles. The average Bonchev–Trinajstić information content (AvgIpc) is 2.76. The minimum atomic E-state index is -0.331. The van der Waals surface area contributed by atoms with E-state index in [0.717, 1.165) is 32.1 Å². The van der Waals surface area contributed by atoms with Gasteiger partial charge in [0.1, 0.15) is 0 Å². The fraction of sp³-hybridized carbons (Fsp3) is 0.692. The second kappa shape index (κ2) is 16.9. The zero-order valence-electron chi connectivity index (χ0n) is 19.4. The number of unbranched alkanes of at least 4 members (excludes halogenated alkanes) is 7. The first-order chi connectivity index (χ1) is 14.6. The van der Waals surface area contributed by atoms with Crippen molar-refractivity contribution in [2.24, 2.45) is 5.92 Å². The first-order valence-corrected chi connectivity index (χ1v) is 12.1. The average molecular weight is 419 g/mol. The second-order valence-corrected chi connectivity index (χ2v) is 8.23. The highest BCUT2D eigenvalue weighted by molar-refractivity contribution is 5.93. The molecule has 0 aliphatic rings. The molecule has 4 nitrogen and oxygen atoms in total. The predicted molar refractivity (Wildman–Crippen MR) is 123 cm³/mol. The van der Waals surface area contributed by atoms with Crippen molar-refractivity contribution < 1.29 is 19.1 Å². The summed E-state index contributed by atoms with van der Waals surface area (Å²) >= 11 is 0. The third kappa shape index (κ3) is 11.4. The molecule has 170 valence electrons. The molecule has 0 fully saturated rings. The number of carbonyl (C=O) groups is 2. The molecule has 0 saturated heterocycles. The molecule has 30 heavy (non-hydrogen) atoms. The van der Waals surface area contributed by atoms with E-state index in [1.165, 1.54) is 44.9 Å². The van der Waals surface area contributed by atoms with E-state index in [1.54, 1.807) is 24.3 Å². The van der Waals surface area contributed by atoms with Crippen LogP contribution in [0.4, 0.5) is 0 Å². The van der Waals surface area contributed by atoms with E-state index in [9.17, 15) is 9.59 Å². The van der Waals surface area contributed by atoms with Gasteiger partial charge >= 0.3 is 11.9 Å². The molecule has 0 saturated carbocycles. The third-order valence-corrected chi connectivity index (χ3v) is 5.45. The number of hydrogen-bond acceptors (Lipinski definition) is 4. The summed E-state index contributed by atoms with van der Waals surface area (Å²) in [6.07, 6.45) is 13.9. The Kier molecular flexibility index (Phi) is 14.8. The quantitative estimate of drug-likeness (QED) is 0.196. The van der Waals surface area contributed by atoms with Crippen molar-refractivity contribution in [3.8, 4) is 0 Å². The summed E-state index contributed by atoms with van der Waals surface area (Å²) in [6.45, 7) is 7.48. The van der Waals surface area contributed by atoms with Gasteiger partial charge in [-0.1, -0.05) is 78.6 Å². The molecular weight excluding hydrogens is 376 g/mol. The highest BCUT2D eigenvalue weighted by atomic mass is 16.5. The van der Waals surface area contributed by atoms with Crippen LogP contribution in [0, 0.1) is 5.92 Å². The highest BCUT2D eigenvalue weighted by Crippen LogP contribution is 2.17. The van der Waals surface area contributed by atoms with E-state index in [1.807, 2.05) is 0 Å². The van der Waals surface area contributed by atoms with Crippen LogP contribution in [0.5, 0.6) is 0 Å². The van der Waals surface area contributed by atoms with Crippen molar-refractivity contribution in [1.29, 1.82) is 0 Å². The fourth-order valence-electron chi connectivity index (χ4n) is 3.55. The lowest BCUT2D eigenvalue weighted by Crippen LogP contribution is -2.15. The lowest BCUT2D eigenvalue weighted by molar-refractivity contribution is 0.0421. The molecule has 0 N–H and O–H groups in total. The van der Waals surface area contributed by atoms with Crippen LogP contribution in [0.2, 0.25) is 0 Å². The molecular formula is C26H42O4. The van der Waals surface area contributed by atoms with Gasteiger partial charge in [-0.2, -0.15) is 0 Å². The molecule has 0 heterocycles. The molecule has 0 radical (unpaired) electrons. The van der Waals surface area contributed by atoms with E-state index < -0.39 is 0 Å². The zero-order valence-corrected chi connectivity index (χ0v) is 19.4. The second-order valence-electron chi connectivity index (χ2n) is 8.23. The first-order valence-electron chi connectivity index (χ1n) is 12.1. The Balaban J connectivity index is 2.37. The summed E-state index contributed by atoms with van der Waals surface area (Å²) in [4.78, 5) is 24.5. The van der Waals surface area contributed by atoms with E-state index in [2.05, 4.69) is 20.8 Å². The minimum Gasteiger partial charge on any atom is -0.462 e. The smallest absolute Gasteiger partial charge is 0.338 e. The number of benzene rings is 1. The molecule has 4 heteroatoms. The van der Waals surface area contributed by atoms with E-state index >= 15 is 0 Å². The molecule has 1 unspecified atom stereocenters. The fourth-order valence-corrected chi connectivity index (χ4v) is 3.55. The minimum absolute atomic E-state index is 0.321. The summed E-state index contributed by atoms with van der Waals surface area (Å²) in [5, 5.41) is 0. The zero-order chi connectivity index (χ0) is 22.0. The van der Waals surface area contributed by atoms with Gasteiger partial charge in [-0.15, -0.1) is 0 Å². The van der Waals surface area contributed by atoms with Gasteiger partial charge in [-0.3, -0.25) is 0 Å². The van der Waals surface area contributed by atoms with Crippen LogP contribution in [0.1, 0.15) is 119 Å². The van der Waals surface area contributed by atoms with Gasteiger partial charge in [0, 0.05) is 0 Å². The van der Waals surface area contributed by atoms with E-state index in [-0.39, 0.29) is 11.9 Å². The predicted octanol–water partition coefficient (Wildman–Crippen LogP) is 7.36. The Bertz CT molecular complexity index is 579. The topological polar surface area (TPSA) is 52.6 Å². The van der Waals surface area contributed by atoms with Crippen molar-refractivity contribution in [3.05, 3.63) is 35.4 Å². The largest absolute Gasteiger partial charge is 0.462 e. The van der Waals surface area contributed by atoms with E-state index in [0.29, 0.717) is 30.3 Å². The van der Waals surface area contributed by atoms with Crippen LogP contribution >= 0.6 is 0 Å². The van der Waals surface area contributed by atoms with Crippen LogP contribution in [0.3, 0.4) is 0 Å². The maximum atomic E-state index is 12.3. The SMILES string of the molecule is CCCCCCCCOC(=O)c1ccc(C(=O)OCC(CCC)CCCCC)cc1. The Morgan fingerprint density at radius 3 is 1.80 bits per heavy atom. The van der Waals surface area contributed by atoms with Crippen molar-refractivity contribution in [2.75, 3.05) is 13.2 Å². The standard InChI is InChI=1S/C26H42O4/c1-4-7-9-10-11-13-20-29-25(27)23-16-18-24(19-17-23)26(28)30-21-22(14-6-3)15-12-8-5-2/h16-19,22H,4-15,20-21H2,1-3H3. The summed E-state index contributed by atoms with van der Waals surface area (Å²) in [6, 6.07) is 6.58. The maximum absolute atomic E-state index is 12.3. The van der Waals surface area contributed by atoms with Crippen LogP contribution in [0.15, 0.2) is 24.3 Å². The molecule has 0 aliphatic heterocycles. The number of ether oxygens (including phenoxy) is 2. The number of hydrogen-bond donors (Lipinski definition) is 0. The summed E-state index contributed by atoms with van der Waals surface area (Å²) in [7, 11) is 0. The molecule has 0 spiro atoms. The Morgan fingerprint density at radius 1 is 0.667 bits per heavy atom. The maximum Gasteiger partial charge on any atom is 0.338 e. The van der Waals surface area contributed by atoms with Gasteiger partial charge in [-0.05, 0) is 49.4 Å². The van der Waals surface area contributed by atoms with Gasteiger partial charge in [0.15, 0.2) is 0 Å². The molecule has 0 aliphatic carbocycles. The highest BCUT2D eigenvalue weighted by Gasteiger charge is 2.14. The molecule has 1 aromatic rings. The van der Waals surface area contributed by atoms with Crippen molar-refractivity contribution in [1.82, 2.24) is 0 Å². The van der Waals surface area contributed by atoms with Crippen LogP contribution in [0.25, 0.3) is 0 Å². The Hall–Kier alpha value is -1.84. The molecule has 0 bridgehead atoms. The van der Waals surface area contributed by atoms with Gasteiger partial charge in [0.05, 0.1) is 24.3 Å². The van der Waals surface area contributed by atoms with Crippen LogP contribution in [-0.4, -0.2) is 25.2 Å². The van der Waals surface area contributed by atoms with Crippen LogP contribution in [-0.2, 0) is 9.47 Å². The van der Waals surface area contributed by atoms with Gasteiger partial charge < -0.3 is 9.47 Å². The van der Waals surface area contributed by atoms with Crippen molar-refractivity contribution in [2.45, 2.75) is 97.8 Å². The first kappa shape index (κ1) is 26.2. The molecule has 1 rings (SSSR count). The third-order valence-electron chi connectivity index (χ3n) is 5.45. The summed E-state index contributed by atoms with van der Waals surface area (Å²) in [5.41, 5.74) is 0.951. The Morgan fingerprint density at radius 2 is 1.20 bits per heavy atom. The molecule has 1 aromatic carbocycles. The van der Waals surface area contributed by atoms with Crippen molar-refractivity contribution >= 4 is 11.9 Å². The summed E-state index contributed by atoms with van der Waals surface area (Å²) in [5.74, 6) is -0.220. The lowest BCUT2D eigenvalue weighted by Gasteiger charge is -2.16. The molecule has 1 atom stereocenters. The number of carbonyl (C=O) groups excluding carboxylic acids is 2. The van der Waals surface area contributed by atoms with Gasteiger partial charge in [0.2, 0.25) is 0 Å². The monoisotopic (exact) mass is 418 g/mol. The summed E-state index contributed by atoms with van der Waals surface area (Å²) < 4.78 is 10.9. The molecule has 0 amide bonds. The number of rotatable bonds is 17. The normalized spacial score (nSPS) is 11.8. The van der Waals surface area contributed by atoms with Crippen molar-refractivity contribution in [3.63, 3.8) is 0 Å². The Labute approximate surface area is 183 Å². The lowest BCUT2D eigenvalue weighted by atomic mass is 9.97. The number of esters is 2. The van der Waals surface area contributed by atoms with Crippen LogP contribution < -0.4 is 0 Å². The van der Waals surface area contributed by atoms with Gasteiger partial charge in [-0.25, -0.2) is 9.59 Å². The van der Waals surface area contributed by atoms with E-state index in [4.69, 9.17) is 9.47 Å².